The second kappa shape index (κ2) is 6.08. The van der Waals surface area contributed by atoms with Crippen LogP contribution in [0.2, 0.25) is 5.02 Å². The summed E-state index contributed by atoms with van der Waals surface area (Å²) in [6.07, 6.45) is 0.898. The number of nitriles is 1. The molecule has 2 atom stereocenters. The van der Waals surface area contributed by atoms with Crippen LogP contribution in [0.1, 0.15) is 32.8 Å². The van der Waals surface area contributed by atoms with Crippen molar-refractivity contribution in [1.82, 2.24) is 0 Å². The van der Waals surface area contributed by atoms with Gasteiger partial charge < -0.3 is 10.4 Å². The molecule has 0 aromatic heterocycles. The molecule has 1 aromatic rings. The summed E-state index contributed by atoms with van der Waals surface area (Å²) in [5, 5.41) is 23.0. The molecule has 1 aromatic carbocycles. The van der Waals surface area contributed by atoms with Crippen LogP contribution in [-0.4, -0.2) is 17.3 Å². The Labute approximate surface area is 113 Å². The van der Waals surface area contributed by atoms with Crippen molar-refractivity contribution in [2.75, 3.05) is 11.9 Å². The Kier molecular flexibility index (Phi) is 5.01. The fraction of sp³-hybridized carbons (Fsp3) is 0.500. The van der Waals surface area contributed by atoms with Gasteiger partial charge in [-0.15, -0.1) is 0 Å². The first-order valence-electron chi connectivity index (χ1n) is 6.06. The van der Waals surface area contributed by atoms with Crippen molar-refractivity contribution in [2.45, 2.75) is 32.8 Å². The lowest BCUT2D eigenvalue weighted by Gasteiger charge is -2.30. The third-order valence-corrected chi connectivity index (χ3v) is 3.65. The van der Waals surface area contributed by atoms with E-state index in [1.54, 1.807) is 25.1 Å². The topological polar surface area (TPSA) is 56.0 Å². The minimum absolute atomic E-state index is 0.176. The highest BCUT2D eigenvalue weighted by molar-refractivity contribution is 6.30. The van der Waals surface area contributed by atoms with Gasteiger partial charge in [-0.25, -0.2) is 0 Å². The summed E-state index contributed by atoms with van der Waals surface area (Å²) in [6.45, 7) is 6.23. The lowest BCUT2D eigenvalue weighted by molar-refractivity contribution is 0.0176. The second-order valence-electron chi connectivity index (χ2n) is 4.82. The van der Waals surface area contributed by atoms with Crippen molar-refractivity contribution >= 4 is 17.3 Å². The number of hydrogen-bond acceptors (Lipinski definition) is 3. The molecule has 2 N–H and O–H groups in total. The molecule has 0 amide bonds. The second-order valence-corrected chi connectivity index (χ2v) is 5.26. The average Bonchev–Trinajstić information content (AvgIpc) is 2.35. The van der Waals surface area contributed by atoms with Gasteiger partial charge in [-0.05, 0) is 31.0 Å². The highest BCUT2D eigenvalue weighted by Gasteiger charge is 2.26. The number of nitrogens with zero attached hydrogens (tertiary/aromatic N) is 1. The molecular formula is C14H19ClN2O. The zero-order chi connectivity index (χ0) is 13.8. The van der Waals surface area contributed by atoms with E-state index in [1.165, 1.54) is 0 Å². The van der Waals surface area contributed by atoms with Crippen molar-refractivity contribution in [2.24, 2.45) is 5.92 Å². The van der Waals surface area contributed by atoms with Gasteiger partial charge in [-0.3, -0.25) is 0 Å². The minimum atomic E-state index is -0.816. The standard InChI is InChI=1S/C14H19ClN2O/c1-4-10(2)14(3,18)9-17-13-7-12(15)6-5-11(13)8-16/h5-7,10,17-18H,4,9H2,1-3H3. The Morgan fingerprint density at radius 2 is 2.22 bits per heavy atom. The highest BCUT2D eigenvalue weighted by Crippen LogP contribution is 2.24. The fourth-order valence-corrected chi connectivity index (χ4v) is 1.82. The van der Waals surface area contributed by atoms with Gasteiger partial charge in [-0.2, -0.15) is 5.26 Å². The minimum Gasteiger partial charge on any atom is -0.388 e. The molecule has 0 fully saturated rings. The summed E-state index contributed by atoms with van der Waals surface area (Å²) >= 11 is 5.90. The zero-order valence-corrected chi connectivity index (χ0v) is 11.8. The van der Waals surface area contributed by atoms with E-state index < -0.39 is 5.60 Å². The molecule has 0 radical (unpaired) electrons. The first kappa shape index (κ1) is 14.8. The van der Waals surface area contributed by atoms with E-state index >= 15 is 0 Å². The van der Waals surface area contributed by atoms with Crippen LogP contribution in [0.5, 0.6) is 0 Å². The molecule has 0 saturated carbocycles. The van der Waals surface area contributed by atoms with E-state index in [4.69, 9.17) is 16.9 Å². The van der Waals surface area contributed by atoms with E-state index in [0.29, 0.717) is 22.8 Å². The van der Waals surface area contributed by atoms with Crippen LogP contribution in [0.3, 0.4) is 0 Å². The number of hydrogen-bond donors (Lipinski definition) is 2. The molecule has 0 bridgehead atoms. The largest absolute Gasteiger partial charge is 0.388 e. The summed E-state index contributed by atoms with van der Waals surface area (Å²) in [7, 11) is 0. The predicted molar refractivity (Wildman–Crippen MR) is 74.7 cm³/mol. The average molecular weight is 267 g/mol. The first-order valence-corrected chi connectivity index (χ1v) is 6.44. The first-order chi connectivity index (χ1) is 8.40. The number of benzene rings is 1. The van der Waals surface area contributed by atoms with E-state index in [-0.39, 0.29) is 5.92 Å². The van der Waals surface area contributed by atoms with Crippen molar-refractivity contribution in [3.8, 4) is 6.07 Å². The van der Waals surface area contributed by atoms with Crippen LogP contribution >= 0.6 is 11.6 Å². The van der Waals surface area contributed by atoms with Gasteiger partial charge in [0.25, 0.3) is 0 Å². The Morgan fingerprint density at radius 1 is 1.56 bits per heavy atom. The van der Waals surface area contributed by atoms with Crippen molar-refractivity contribution in [3.63, 3.8) is 0 Å². The smallest absolute Gasteiger partial charge is 0.101 e. The maximum absolute atomic E-state index is 10.3. The molecule has 4 heteroatoms. The Bertz CT molecular complexity index is 452. The molecule has 0 aliphatic rings. The van der Waals surface area contributed by atoms with Gasteiger partial charge in [0.2, 0.25) is 0 Å². The molecular weight excluding hydrogens is 248 g/mol. The Hall–Kier alpha value is -1.24. The molecule has 3 nitrogen and oxygen atoms in total. The Balaban J connectivity index is 2.81. The van der Waals surface area contributed by atoms with Gasteiger partial charge in [0.15, 0.2) is 0 Å². The third kappa shape index (κ3) is 3.63. The molecule has 0 aliphatic carbocycles. The van der Waals surface area contributed by atoms with Crippen LogP contribution in [-0.2, 0) is 0 Å². The van der Waals surface area contributed by atoms with Gasteiger partial charge in [0.05, 0.1) is 16.9 Å². The molecule has 98 valence electrons. The van der Waals surface area contributed by atoms with E-state index in [0.717, 1.165) is 6.42 Å². The summed E-state index contributed by atoms with van der Waals surface area (Å²) in [5.41, 5.74) is 0.372. The number of nitrogens with one attached hydrogen (secondary N) is 1. The lowest BCUT2D eigenvalue weighted by Crippen LogP contribution is -2.40. The summed E-state index contributed by atoms with van der Waals surface area (Å²) in [5.74, 6) is 0.176. The molecule has 18 heavy (non-hydrogen) atoms. The number of anilines is 1. The van der Waals surface area contributed by atoms with Crippen molar-refractivity contribution in [1.29, 1.82) is 5.26 Å². The summed E-state index contributed by atoms with van der Waals surface area (Å²) in [4.78, 5) is 0. The Morgan fingerprint density at radius 3 is 2.78 bits per heavy atom. The van der Waals surface area contributed by atoms with Crippen LogP contribution in [0, 0.1) is 17.2 Å². The SMILES string of the molecule is CCC(C)C(C)(O)CNc1cc(Cl)ccc1C#N. The molecule has 0 aliphatic heterocycles. The van der Waals surface area contributed by atoms with Gasteiger partial charge in [0, 0.05) is 11.6 Å². The third-order valence-electron chi connectivity index (χ3n) is 3.41. The molecule has 0 heterocycles. The van der Waals surface area contributed by atoms with Crippen molar-refractivity contribution < 1.29 is 5.11 Å². The predicted octanol–water partition coefficient (Wildman–Crippen LogP) is 3.42. The lowest BCUT2D eigenvalue weighted by atomic mass is 9.88. The number of aliphatic hydroxyl groups is 1. The fourth-order valence-electron chi connectivity index (χ4n) is 1.65. The van der Waals surface area contributed by atoms with Crippen molar-refractivity contribution in [3.05, 3.63) is 28.8 Å². The van der Waals surface area contributed by atoms with Gasteiger partial charge >= 0.3 is 0 Å². The summed E-state index contributed by atoms with van der Waals surface area (Å²) < 4.78 is 0. The maximum Gasteiger partial charge on any atom is 0.101 e. The quantitative estimate of drug-likeness (QED) is 0.859. The molecule has 1 rings (SSSR count). The molecule has 0 saturated heterocycles. The van der Waals surface area contributed by atoms with E-state index in [1.807, 2.05) is 13.8 Å². The van der Waals surface area contributed by atoms with Crippen LogP contribution in [0.4, 0.5) is 5.69 Å². The normalized spacial score (nSPS) is 15.6. The van der Waals surface area contributed by atoms with Crippen LogP contribution in [0.15, 0.2) is 18.2 Å². The molecule has 0 spiro atoms. The highest BCUT2D eigenvalue weighted by atomic mass is 35.5. The van der Waals surface area contributed by atoms with E-state index in [2.05, 4.69) is 11.4 Å². The monoisotopic (exact) mass is 266 g/mol. The summed E-state index contributed by atoms with van der Waals surface area (Å²) in [6, 6.07) is 7.15. The number of rotatable bonds is 5. The van der Waals surface area contributed by atoms with Crippen LogP contribution in [0.25, 0.3) is 0 Å². The van der Waals surface area contributed by atoms with Crippen LogP contribution < -0.4 is 5.32 Å². The van der Waals surface area contributed by atoms with Gasteiger partial charge in [-0.1, -0.05) is 31.9 Å². The van der Waals surface area contributed by atoms with Gasteiger partial charge in [0.1, 0.15) is 6.07 Å². The number of halogens is 1. The zero-order valence-electron chi connectivity index (χ0n) is 11.0. The maximum atomic E-state index is 10.3. The van der Waals surface area contributed by atoms with E-state index in [9.17, 15) is 5.11 Å². The molecule has 2 unspecified atom stereocenters.